The van der Waals surface area contributed by atoms with E-state index in [1.165, 1.54) is 25.0 Å². The maximum atomic E-state index is 11.7. The third-order valence-corrected chi connectivity index (χ3v) is 8.55. The number of hydrogen-bond donors (Lipinski definition) is 1. The second-order valence-electron chi connectivity index (χ2n) is 11.0. The van der Waals surface area contributed by atoms with E-state index in [4.69, 9.17) is 14.2 Å². The van der Waals surface area contributed by atoms with Crippen LogP contribution in [-0.4, -0.2) is 61.8 Å². The fraction of sp³-hybridized carbons (Fsp3) is 0.484. The summed E-state index contributed by atoms with van der Waals surface area (Å²) in [6, 6.07) is 15.4. The van der Waals surface area contributed by atoms with Gasteiger partial charge in [-0.2, -0.15) is 0 Å². The Morgan fingerprint density at radius 2 is 1.89 bits per heavy atom. The molecule has 0 aromatic heterocycles. The summed E-state index contributed by atoms with van der Waals surface area (Å²) >= 11 is 0. The highest BCUT2D eigenvalue weighted by atomic mass is 16.6. The highest BCUT2D eigenvalue weighted by Crippen LogP contribution is 2.62. The second-order valence-corrected chi connectivity index (χ2v) is 11.0. The smallest absolute Gasteiger partial charge is 0.308 e. The van der Waals surface area contributed by atoms with Crippen molar-refractivity contribution in [1.82, 2.24) is 10.2 Å². The minimum atomic E-state index is -0.439. The van der Waals surface area contributed by atoms with E-state index in [9.17, 15) is 9.59 Å². The quantitative estimate of drug-likeness (QED) is 0.366. The molecule has 2 aliphatic carbocycles. The molecule has 1 N–H and O–H groups in total. The molecule has 1 spiro atoms. The largest absolute Gasteiger partial charge is 0.481 e. The van der Waals surface area contributed by atoms with Crippen molar-refractivity contribution in [3.05, 3.63) is 71.3 Å². The molecule has 38 heavy (non-hydrogen) atoms. The maximum Gasteiger partial charge on any atom is 0.308 e. The first kappa shape index (κ1) is 26.4. The molecule has 2 aromatic carbocycles. The number of piperidine rings is 1. The number of esters is 2. The van der Waals surface area contributed by atoms with Gasteiger partial charge in [0.2, 0.25) is 0 Å². The zero-order valence-electron chi connectivity index (χ0n) is 22.9. The molecule has 0 amide bonds. The van der Waals surface area contributed by atoms with Crippen LogP contribution in [0.25, 0.3) is 0 Å². The monoisotopic (exact) mass is 518 g/mol. The molecule has 2 aliphatic heterocycles. The lowest BCUT2D eigenvalue weighted by molar-refractivity contribution is -0.152. The molecule has 6 atom stereocenters. The predicted molar refractivity (Wildman–Crippen MR) is 145 cm³/mol. The molecule has 7 heteroatoms. The van der Waals surface area contributed by atoms with Gasteiger partial charge < -0.3 is 24.4 Å². The Morgan fingerprint density at radius 3 is 2.58 bits per heavy atom. The fourth-order valence-corrected chi connectivity index (χ4v) is 6.81. The highest BCUT2D eigenvalue weighted by Gasteiger charge is 2.65. The zero-order chi connectivity index (χ0) is 27.0. The van der Waals surface area contributed by atoms with Crippen LogP contribution < -0.4 is 14.8 Å². The van der Waals surface area contributed by atoms with Crippen LogP contribution in [0, 0.1) is 5.92 Å². The first-order chi connectivity index (χ1) is 18.2. The Kier molecular flexibility index (Phi) is 7.34. The van der Waals surface area contributed by atoms with E-state index >= 15 is 0 Å². The van der Waals surface area contributed by atoms with Crippen molar-refractivity contribution in [3.63, 3.8) is 0 Å². The van der Waals surface area contributed by atoms with E-state index in [1.54, 1.807) is 0 Å². The summed E-state index contributed by atoms with van der Waals surface area (Å²) in [6.45, 7) is 5.96. The molecule has 2 aromatic rings. The van der Waals surface area contributed by atoms with Crippen LogP contribution in [-0.2, 0) is 32.6 Å². The normalized spacial score (nSPS) is 28.8. The molecule has 1 fully saturated rings. The van der Waals surface area contributed by atoms with Crippen LogP contribution in [0.4, 0.5) is 0 Å². The van der Waals surface area contributed by atoms with Crippen LogP contribution in [0.15, 0.2) is 54.6 Å². The third kappa shape index (κ3) is 4.63. The van der Waals surface area contributed by atoms with E-state index in [-0.39, 0.29) is 29.4 Å². The van der Waals surface area contributed by atoms with Crippen molar-refractivity contribution in [2.45, 2.75) is 69.7 Å². The lowest BCUT2D eigenvalue weighted by atomic mass is 9.53. The number of carbonyl (C=O) groups excluding carboxylic acids is 2. The molecule has 0 unspecified atom stereocenters. The Balaban J connectivity index is 0.000000226. The van der Waals surface area contributed by atoms with Gasteiger partial charge in [0.05, 0.1) is 0 Å². The average Bonchev–Trinajstić information content (AvgIpc) is 3.24. The number of likely N-dealkylation sites (tertiary alicyclic amines) is 1. The predicted octanol–water partition coefficient (Wildman–Crippen LogP) is 3.83. The van der Waals surface area contributed by atoms with E-state index in [0.29, 0.717) is 23.6 Å². The number of ether oxygens (including phenoxy) is 3. The van der Waals surface area contributed by atoms with Crippen LogP contribution >= 0.6 is 0 Å². The van der Waals surface area contributed by atoms with Gasteiger partial charge in [0.15, 0.2) is 17.6 Å². The van der Waals surface area contributed by atoms with Gasteiger partial charge in [-0.15, -0.1) is 0 Å². The van der Waals surface area contributed by atoms with Gasteiger partial charge in [0, 0.05) is 42.8 Å². The molecule has 0 saturated carbocycles. The molecule has 4 aliphatic rings. The molecule has 1 saturated heterocycles. The third-order valence-electron chi connectivity index (χ3n) is 8.55. The van der Waals surface area contributed by atoms with Crippen molar-refractivity contribution in [2.24, 2.45) is 5.92 Å². The molecule has 2 heterocycles. The average molecular weight is 519 g/mol. The Hall–Kier alpha value is -3.16. The SMILES string of the molecule is CC(=O)Oc1ccc2c3c1O[C@H]1[C@@H](OC(C)=O)C=C[C@H]4[C@@H](C2)N(C)CC[C@@]341.CN[C@@H](C)Cc1ccccc1. The summed E-state index contributed by atoms with van der Waals surface area (Å²) in [7, 11) is 4.17. The van der Waals surface area contributed by atoms with Crippen molar-refractivity contribution in [2.75, 3.05) is 20.6 Å². The van der Waals surface area contributed by atoms with Crippen LogP contribution in [0.3, 0.4) is 0 Å². The van der Waals surface area contributed by atoms with Gasteiger partial charge in [-0.3, -0.25) is 9.59 Å². The van der Waals surface area contributed by atoms with Crippen LogP contribution in [0.2, 0.25) is 0 Å². The van der Waals surface area contributed by atoms with E-state index in [2.05, 4.69) is 60.6 Å². The van der Waals surface area contributed by atoms with Crippen molar-refractivity contribution < 1.29 is 23.8 Å². The van der Waals surface area contributed by atoms with Gasteiger partial charge >= 0.3 is 11.9 Å². The first-order valence-electron chi connectivity index (χ1n) is 13.5. The molecule has 6 rings (SSSR count). The van der Waals surface area contributed by atoms with Gasteiger partial charge in [-0.05, 0) is 70.1 Å². The number of likely N-dealkylation sites (N-methyl/N-ethyl adjacent to an activating group) is 2. The lowest BCUT2D eigenvalue weighted by Crippen LogP contribution is -2.65. The molecule has 2 bridgehead atoms. The number of benzene rings is 2. The van der Waals surface area contributed by atoms with Crippen molar-refractivity contribution >= 4 is 11.9 Å². The molecule has 0 radical (unpaired) electrons. The zero-order valence-corrected chi connectivity index (χ0v) is 22.9. The van der Waals surface area contributed by atoms with E-state index < -0.39 is 6.10 Å². The molecular formula is C31H38N2O5. The van der Waals surface area contributed by atoms with E-state index in [1.807, 2.05) is 25.3 Å². The van der Waals surface area contributed by atoms with Gasteiger partial charge in [-0.25, -0.2) is 0 Å². The summed E-state index contributed by atoms with van der Waals surface area (Å²) in [4.78, 5) is 25.7. The van der Waals surface area contributed by atoms with Gasteiger partial charge in [-0.1, -0.05) is 42.5 Å². The van der Waals surface area contributed by atoms with Gasteiger partial charge in [0.25, 0.3) is 0 Å². The van der Waals surface area contributed by atoms with Crippen molar-refractivity contribution in [1.29, 1.82) is 0 Å². The number of carbonyl (C=O) groups is 2. The summed E-state index contributed by atoms with van der Waals surface area (Å²) in [5, 5.41) is 3.21. The minimum Gasteiger partial charge on any atom is -0.481 e. The lowest BCUT2D eigenvalue weighted by Gasteiger charge is -2.56. The van der Waals surface area contributed by atoms with Crippen LogP contribution in [0.5, 0.6) is 11.5 Å². The summed E-state index contributed by atoms with van der Waals surface area (Å²) in [6.07, 6.45) is 6.42. The molecular weight excluding hydrogens is 480 g/mol. The number of rotatable bonds is 5. The Morgan fingerprint density at radius 1 is 1.13 bits per heavy atom. The number of nitrogens with zero attached hydrogens (tertiary/aromatic N) is 1. The Labute approximate surface area is 225 Å². The van der Waals surface area contributed by atoms with E-state index in [0.717, 1.165) is 31.4 Å². The maximum absolute atomic E-state index is 11.7. The number of hydrogen-bond acceptors (Lipinski definition) is 7. The summed E-state index contributed by atoms with van der Waals surface area (Å²) in [5.41, 5.74) is 3.55. The first-order valence-corrected chi connectivity index (χ1v) is 13.5. The minimum absolute atomic E-state index is 0.245. The van der Waals surface area contributed by atoms with Crippen molar-refractivity contribution in [3.8, 4) is 11.5 Å². The number of nitrogens with one attached hydrogen (secondary N) is 1. The fourth-order valence-electron chi connectivity index (χ4n) is 6.81. The summed E-state index contributed by atoms with van der Waals surface area (Å²) in [5.74, 6) is 0.712. The topological polar surface area (TPSA) is 77.1 Å². The molecule has 7 nitrogen and oxygen atoms in total. The Bertz CT molecular complexity index is 1230. The summed E-state index contributed by atoms with van der Waals surface area (Å²) < 4.78 is 17.5. The standard InChI is InChI=1S/C21H23NO5.C10H15N/c1-11(23)25-16-6-4-13-10-15-14-5-7-17(26-12(2)24)20-21(14,8-9-22(15)3)18(13)19(16)27-20;1-9(11-2)8-10-6-4-3-5-7-10/h4-7,14-15,17,20H,8-10H2,1-3H3;3-7,9,11H,8H2,1-2H3/t14-,15+,17-,20-,21-;9-/m00/s1. The van der Waals surface area contributed by atoms with Gasteiger partial charge in [0.1, 0.15) is 6.10 Å². The molecule has 202 valence electrons. The second kappa shape index (κ2) is 10.5. The van der Waals surface area contributed by atoms with Crippen LogP contribution in [0.1, 0.15) is 43.9 Å². The highest BCUT2D eigenvalue weighted by molar-refractivity contribution is 5.73.